The quantitative estimate of drug-likeness (QED) is 0.531. The highest BCUT2D eigenvalue weighted by atomic mass is 16.4. The molecule has 1 aromatic carbocycles. The summed E-state index contributed by atoms with van der Waals surface area (Å²) in [6.07, 6.45) is 4.79. The van der Waals surface area contributed by atoms with Crippen LogP contribution in [-0.2, 0) is 11.3 Å². The number of rotatable bonds is 7. The number of amides is 2. The minimum Gasteiger partial charge on any atom is -0.465 e. The Hall–Kier alpha value is -3.62. The van der Waals surface area contributed by atoms with Crippen LogP contribution in [0, 0.1) is 0 Å². The molecule has 29 heavy (non-hydrogen) atoms. The number of hydrogen-bond donors (Lipinski definition) is 3. The van der Waals surface area contributed by atoms with Crippen molar-refractivity contribution in [2.24, 2.45) is 0 Å². The fourth-order valence-electron chi connectivity index (χ4n) is 3.46. The van der Waals surface area contributed by atoms with E-state index >= 15 is 0 Å². The van der Waals surface area contributed by atoms with Crippen molar-refractivity contribution < 1.29 is 14.7 Å². The number of hydrogen-bond acceptors (Lipinski definition) is 5. The van der Waals surface area contributed by atoms with Gasteiger partial charge < -0.3 is 25.2 Å². The maximum atomic E-state index is 12.0. The molecule has 0 spiro atoms. The van der Waals surface area contributed by atoms with E-state index in [1.165, 1.54) is 0 Å². The van der Waals surface area contributed by atoms with Gasteiger partial charge in [-0.15, -0.1) is 0 Å². The van der Waals surface area contributed by atoms with E-state index in [4.69, 9.17) is 5.11 Å². The van der Waals surface area contributed by atoms with Crippen molar-refractivity contribution in [2.45, 2.75) is 25.8 Å². The van der Waals surface area contributed by atoms with E-state index in [1.807, 2.05) is 41.1 Å². The average molecular weight is 394 g/mol. The number of nitrogens with zero attached hydrogens (tertiary/aromatic N) is 4. The van der Waals surface area contributed by atoms with Gasteiger partial charge in [0.1, 0.15) is 5.65 Å². The molecule has 2 amide bonds. The number of nitrogens with one attached hydrogen (secondary N) is 2. The molecule has 0 aliphatic carbocycles. The van der Waals surface area contributed by atoms with Gasteiger partial charge >= 0.3 is 6.09 Å². The molecule has 0 unspecified atom stereocenters. The molecule has 2 aromatic heterocycles. The Morgan fingerprint density at radius 2 is 2.17 bits per heavy atom. The molecule has 0 saturated carbocycles. The largest absolute Gasteiger partial charge is 0.465 e. The van der Waals surface area contributed by atoms with Gasteiger partial charge in [-0.05, 0) is 37.1 Å². The van der Waals surface area contributed by atoms with Crippen LogP contribution in [0.15, 0.2) is 42.7 Å². The highest BCUT2D eigenvalue weighted by Gasteiger charge is 2.21. The Morgan fingerprint density at radius 3 is 2.97 bits per heavy atom. The van der Waals surface area contributed by atoms with E-state index in [1.54, 1.807) is 11.1 Å². The first kappa shape index (κ1) is 18.7. The van der Waals surface area contributed by atoms with E-state index < -0.39 is 6.09 Å². The number of carboxylic acid groups (broad SMARTS) is 1. The predicted octanol–water partition coefficient (Wildman–Crippen LogP) is 2.96. The third-order valence-electron chi connectivity index (χ3n) is 4.84. The maximum absolute atomic E-state index is 12.0. The molecule has 1 aliphatic rings. The molecule has 3 N–H and O–H groups in total. The van der Waals surface area contributed by atoms with Crippen LogP contribution in [0.2, 0.25) is 0 Å². The summed E-state index contributed by atoms with van der Waals surface area (Å²) in [5.74, 6) is 0.612. The molecule has 1 saturated heterocycles. The fourth-order valence-corrected chi connectivity index (χ4v) is 3.46. The number of aryl methyl sites for hydroxylation is 1. The van der Waals surface area contributed by atoms with E-state index in [2.05, 4.69) is 20.6 Å². The van der Waals surface area contributed by atoms with Crippen molar-refractivity contribution in [3.8, 4) is 0 Å². The van der Waals surface area contributed by atoms with E-state index in [9.17, 15) is 9.59 Å². The Kier molecular flexibility index (Phi) is 5.28. The van der Waals surface area contributed by atoms with Gasteiger partial charge in [-0.25, -0.2) is 9.78 Å². The number of carbonyl (C=O) groups is 2. The van der Waals surface area contributed by atoms with Gasteiger partial charge in [-0.1, -0.05) is 6.07 Å². The van der Waals surface area contributed by atoms with Crippen LogP contribution in [-0.4, -0.2) is 44.7 Å². The zero-order valence-corrected chi connectivity index (χ0v) is 15.8. The SMILES string of the molecule is O=C(O)NCCCn1ccc2cnc(Nc3cccc(N4CCCC4=O)c3)nc21. The lowest BCUT2D eigenvalue weighted by molar-refractivity contribution is -0.117. The second-order valence-corrected chi connectivity index (χ2v) is 6.89. The van der Waals surface area contributed by atoms with Crippen molar-refractivity contribution in [1.82, 2.24) is 19.9 Å². The summed E-state index contributed by atoms with van der Waals surface area (Å²) in [5.41, 5.74) is 2.46. The molecule has 4 rings (SSSR count). The predicted molar refractivity (Wildman–Crippen MR) is 109 cm³/mol. The standard InChI is InChI=1S/C20H22N6O3/c27-17-6-2-10-26(17)16-5-1-4-15(12-16)23-19-22-13-14-7-11-25(18(14)24-19)9-3-8-21-20(28)29/h1,4-5,7,11-13,21H,2-3,6,8-10H2,(H,28,29)(H,22,23,24). The number of benzene rings is 1. The van der Waals surface area contributed by atoms with Crippen LogP contribution < -0.4 is 15.5 Å². The highest BCUT2D eigenvalue weighted by molar-refractivity contribution is 5.95. The summed E-state index contributed by atoms with van der Waals surface area (Å²) in [7, 11) is 0. The van der Waals surface area contributed by atoms with Gasteiger partial charge in [-0.3, -0.25) is 4.79 Å². The topological polar surface area (TPSA) is 112 Å². The summed E-state index contributed by atoms with van der Waals surface area (Å²) in [5, 5.41) is 15.1. The maximum Gasteiger partial charge on any atom is 0.404 e. The lowest BCUT2D eigenvalue weighted by Crippen LogP contribution is -2.23. The number of aromatic nitrogens is 3. The minimum absolute atomic E-state index is 0.148. The van der Waals surface area contributed by atoms with E-state index in [0.29, 0.717) is 31.9 Å². The first-order valence-electron chi connectivity index (χ1n) is 9.56. The molecule has 1 fully saturated rings. The third kappa shape index (κ3) is 4.29. The number of fused-ring (bicyclic) bond motifs is 1. The molecule has 0 bridgehead atoms. The molecule has 9 heteroatoms. The van der Waals surface area contributed by atoms with E-state index in [0.717, 1.165) is 35.4 Å². The Balaban J connectivity index is 1.49. The van der Waals surface area contributed by atoms with Crippen LogP contribution in [0.3, 0.4) is 0 Å². The molecule has 1 aliphatic heterocycles. The van der Waals surface area contributed by atoms with Crippen molar-refractivity contribution in [3.05, 3.63) is 42.7 Å². The molecule has 0 radical (unpaired) electrons. The normalized spacial score (nSPS) is 13.8. The second-order valence-electron chi connectivity index (χ2n) is 6.89. The summed E-state index contributed by atoms with van der Waals surface area (Å²) >= 11 is 0. The first-order chi connectivity index (χ1) is 14.1. The van der Waals surface area contributed by atoms with Crippen LogP contribution in [0.4, 0.5) is 22.1 Å². The van der Waals surface area contributed by atoms with Gasteiger partial charge in [0.2, 0.25) is 11.9 Å². The van der Waals surface area contributed by atoms with Gasteiger partial charge in [0.25, 0.3) is 0 Å². The van der Waals surface area contributed by atoms with Crippen LogP contribution >= 0.6 is 0 Å². The number of carbonyl (C=O) groups excluding carboxylic acids is 1. The lowest BCUT2D eigenvalue weighted by atomic mass is 10.2. The Morgan fingerprint density at radius 1 is 1.28 bits per heavy atom. The van der Waals surface area contributed by atoms with Gasteiger partial charge in [-0.2, -0.15) is 4.98 Å². The molecular formula is C20H22N6O3. The van der Waals surface area contributed by atoms with Gasteiger partial charge in [0, 0.05) is 55.2 Å². The van der Waals surface area contributed by atoms with Crippen molar-refractivity contribution >= 4 is 40.4 Å². The summed E-state index contributed by atoms with van der Waals surface area (Å²) in [6, 6.07) is 9.60. The fraction of sp³-hybridized carbons (Fsp3) is 0.300. The molecule has 150 valence electrons. The molecule has 3 aromatic rings. The highest BCUT2D eigenvalue weighted by Crippen LogP contribution is 2.25. The van der Waals surface area contributed by atoms with Gasteiger partial charge in [0.15, 0.2) is 0 Å². The first-order valence-corrected chi connectivity index (χ1v) is 9.56. The van der Waals surface area contributed by atoms with Crippen molar-refractivity contribution in [2.75, 3.05) is 23.3 Å². The van der Waals surface area contributed by atoms with Crippen LogP contribution in [0.25, 0.3) is 11.0 Å². The smallest absolute Gasteiger partial charge is 0.404 e. The molecule has 0 atom stereocenters. The second kappa shape index (κ2) is 8.17. The van der Waals surface area contributed by atoms with Gasteiger partial charge in [0.05, 0.1) is 0 Å². The van der Waals surface area contributed by atoms with E-state index in [-0.39, 0.29) is 5.91 Å². The Bertz CT molecular complexity index is 1050. The molecule has 3 heterocycles. The molecular weight excluding hydrogens is 372 g/mol. The third-order valence-corrected chi connectivity index (χ3v) is 4.84. The molecule has 9 nitrogen and oxygen atoms in total. The minimum atomic E-state index is -1.02. The van der Waals surface area contributed by atoms with Crippen molar-refractivity contribution in [1.29, 1.82) is 0 Å². The van der Waals surface area contributed by atoms with Crippen LogP contribution in [0.5, 0.6) is 0 Å². The summed E-state index contributed by atoms with van der Waals surface area (Å²) in [4.78, 5) is 33.3. The summed E-state index contributed by atoms with van der Waals surface area (Å²) < 4.78 is 1.98. The zero-order chi connectivity index (χ0) is 20.2. The lowest BCUT2D eigenvalue weighted by Gasteiger charge is -2.16. The zero-order valence-electron chi connectivity index (χ0n) is 15.8. The summed E-state index contributed by atoms with van der Waals surface area (Å²) in [6.45, 7) is 1.77. The van der Waals surface area contributed by atoms with Crippen LogP contribution in [0.1, 0.15) is 19.3 Å². The monoisotopic (exact) mass is 394 g/mol. The van der Waals surface area contributed by atoms with Crippen molar-refractivity contribution in [3.63, 3.8) is 0 Å². The average Bonchev–Trinajstić information content (AvgIpc) is 3.31. The number of anilines is 3. The Labute approximate surface area is 167 Å².